The van der Waals surface area contributed by atoms with Crippen LogP contribution in [-0.2, 0) is 15.7 Å². The van der Waals surface area contributed by atoms with E-state index >= 15 is 0 Å². The molecule has 40 heavy (non-hydrogen) atoms. The van der Waals surface area contributed by atoms with E-state index in [9.17, 15) is 22.8 Å². The standard InChI is InChI=1S/C26H27ClF3N7O3/c1-14-12-19(23(38)32-18-3-2-16(13-17(18)27)26(28,29)30)36-20(14)21(35-8-6-31-7-9-35)24(39)37-25(36)33-22(34-37)15-4-10-40-11-5-15/h2-4,13-14,19,31H,5-12H2,1H3,(H,32,38)/t14-,19+/m1/s1. The molecule has 1 aromatic carbocycles. The van der Waals surface area contributed by atoms with Crippen LogP contribution in [0, 0.1) is 0 Å². The number of amides is 1. The lowest BCUT2D eigenvalue weighted by molar-refractivity contribution is -0.137. The molecule has 0 unspecified atom stereocenters. The fraction of sp³-hybridized carbons (Fsp3) is 0.462. The Hall–Kier alpha value is -3.42. The summed E-state index contributed by atoms with van der Waals surface area (Å²) >= 11 is 6.13. The topological polar surface area (TPSA) is 106 Å². The summed E-state index contributed by atoms with van der Waals surface area (Å²) in [6.45, 7) is 5.52. The van der Waals surface area contributed by atoms with Crippen molar-refractivity contribution in [2.24, 2.45) is 0 Å². The van der Waals surface area contributed by atoms with Crippen LogP contribution in [0.5, 0.6) is 0 Å². The summed E-state index contributed by atoms with van der Waals surface area (Å²) in [6.07, 6.45) is -1.73. The molecule has 2 aromatic heterocycles. The van der Waals surface area contributed by atoms with Crippen LogP contribution >= 0.6 is 11.6 Å². The van der Waals surface area contributed by atoms with Crippen molar-refractivity contribution in [3.8, 4) is 0 Å². The number of nitrogens with one attached hydrogen (secondary N) is 2. The van der Waals surface area contributed by atoms with E-state index in [1.165, 1.54) is 4.52 Å². The molecule has 3 aliphatic rings. The van der Waals surface area contributed by atoms with Crippen LogP contribution in [0.2, 0.25) is 5.02 Å². The fourth-order valence-electron chi connectivity index (χ4n) is 5.64. The van der Waals surface area contributed by atoms with Crippen molar-refractivity contribution >= 4 is 40.2 Å². The zero-order valence-electron chi connectivity index (χ0n) is 21.6. The van der Waals surface area contributed by atoms with E-state index in [-0.39, 0.29) is 28.0 Å². The molecule has 0 aliphatic carbocycles. The van der Waals surface area contributed by atoms with Crippen molar-refractivity contribution in [3.05, 3.63) is 56.7 Å². The molecule has 2 N–H and O–H groups in total. The first-order chi connectivity index (χ1) is 19.1. The van der Waals surface area contributed by atoms with Crippen LogP contribution in [-0.4, -0.2) is 64.5 Å². The van der Waals surface area contributed by atoms with Crippen LogP contribution in [0.4, 0.5) is 24.5 Å². The Balaban J connectivity index is 1.46. The zero-order chi connectivity index (χ0) is 28.2. The van der Waals surface area contributed by atoms with Gasteiger partial charge in [0.25, 0.3) is 5.56 Å². The highest BCUT2D eigenvalue weighted by molar-refractivity contribution is 6.33. The van der Waals surface area contributed by atoms with Gasteiger partial charge in [-0.05, 0) is 36.6 Å². The molecular weight excluding hydrogens is 551 g/mol. The van der Waals surface area contributed by atoms with Crippen molar-refractivity contribution in [2.75, 3.05) is 49.6 Å². The summed E-state index contributed by atoms with van der Waals surface area (Å²) in [5.74, 6) is -0.0101. The van der Waals surface area contributed by atoms with E-state index < -0.39 is 23.7 Å². The molecule has 0 saturated carbocycles. The number of aromatic nitrogens is 4. The van der Waals surface area contributed by atoms with Gasteiger partial charge in [0.15, 0.2) is 5.82 Å². The molecule has 5 heterocycles. The summed E-state index contributed by atoms with van der Waals surface area (Å²) in [6, 6.07) is 2.00. The number of carbonyl (C=O) groups is 1. The molecule has 10 nitrogen and oxygen atoms in total. The predicted octanol–water partition coefficient (Wildman–Crippen LogP) is 3.46. The molecule has 1 saturated heterocycles. The second kappa shape index (κ2) is 10.2. The van der Waals surface area contributed by atoms with Gasteiger partial charge >= 0.3 is 6.18 Å². The summed E-state index contributed by atoms with van der Waals surface area (Å²) in [5, 5.41) is 10.3. The van der Waals surface area contributed by atoms with Gasteiger partial charge in [-0.2, -0.15) is 22.7 Å². The van der Waals surface area contributed by atoms with E-state index in [1.54, 1.807) is 4.57 Å². The number of nitrogens with zero attached hydrogens (tertiary/aromatic N) is 5. The lowest BCUT2D eigenvalue weighted by Gasteiger charge is -2.31. The third kappa shape index (κ3) is 4.65. The van der Waals surface area contributed by atoms with Crippen LogP contribution in [0.1, 0.15) is 48.8 Å². The summed E-state index contributed by atoms with van der Waals surface area (Å²) < 4.78 is 47.8. The van der Waals surface area contributed by atoms with E-state index in [0.29, 0.717) is 69.4 Å². The molecule has 0 spiro atoms. The maximum absolute atomic E-state index is 13.9. The van der Waals surface area contributed by atoms with Crippen molar-refractivity contribution in [1.82, 2.24) is 24.5 Å². The van der Waals surface area contributed by atoms with Gasteiger partial charge in [0.1, 0.15) is 11.7 Å². The van der Waals surface area contributed by atoms with Gasteiger partial charge in [0.2, 0.25) is 11.7 Å². The Bertz CT molecular complexity index is 1580. The number of piperazine rings is 1. The van der Waals surface area contributed by atoms with E-state index in [0.717, 1.165) is 23.8 Å². The smallest absolute Gasteiger partial charge is 0.377 e. The van der Waals surface area contributed by atoms with Gasteiger partial charge in [-0.1, -0.05) is 24.6 Å². The summed E-state index contributed by atoms with van der Waals surface area (Å²) in [5.41, 5.74) is 0.896. The van der Waals surface area contributed by atoms with Crippen LogP contribution < -0.4 is 21.1 Å². The Morgan fingerprint density at radius 1 is 1.25 bits per heavy atom. The second-order valence-electron chi connectivity index (χ2n) is 10.2. The molecule has 0 bridgehead atoms. The molecule has 3 aliphatic heterocycles. The molecule has 1 amide bonds. The minimum Gasteiger partial charge on any atom is -0.377 e. The van der Waals surface area contributed by atoms with Gasteiger partial charge in [-0.3, -0.25) is 14.2 Å². The van der Waals surface area contributed by atoms with Crippen molar-refractivity contribution in [2.45, 2.75) is 37.9 Å². The number of anilines is 2. The summed E-state index contributed by atoms with van der Waals surface area (Å²) in [4.78, 5) is 34.3. The number of rotatable bonds is 4. The van der Waals surface area contributed by atoms with Gasteiger partial charge in [-0.25, -0.2) is 0 Å². The minimum atomic E-state index is -4.56. The van der Waals surface area contributed by atoms with Crippen LogP contribution in [0.15, 0.2) is 29.1 Å². The first-order valence-corrected chi connectivity index (χ1v) is 13.5. The summed E-state index contributed by atoms with van der Waals surface area (Å²) in [7, 11) is 0. The number of benzene rings is 1. The van der Waals surface area contributed by atoms with Gasteiger partial charge in [0, 0.05) is 32.1 Å². The number of ether oxygens (including phenoxy) is 1. The predicted molar refractivity (Wildman–Crippen MR) is 143 cm³/mol. The molecule has 212 valence electrons. The first-order valence-electron chi connectivity index (χ1n) is 13.1. The quantitative estimate of drug-likeness (QED) is 0.489. The van der Waals surface area contributed by atoms with Gasteiger partial charge in [0.05, 0.1) is 35.2 Å². The van der Waals surface area contributed by atoms with E-state index in [4.69, 9.17) is 21.3 Å². The maximum Gasteiger partial charge on any atom is 0.416 e. The van der Waals surface area contributed by atoms with Crippen molar-refractivity contribution in [3.63, 3.8) is 0 Å². The largest absolute Gasteiger partial charge is 0.416 e. The molecule has 6 rings (SSSR count). The van der Waals surface area contributed by atoms with E-state index in [2.05, 4.69) is 15.7 Å². The zero-order valence-corrected chi connectivity index (χ0v) is 22.3. The average molecular weight is 578 g/mol. The monoisotopic (exact) mass is 577 g/mol. The normalized spacial score (nSPS) is 21.4. The number of fused-ring (bicyclic) bond motifs is 3. The SMILES string of the molecule is C[C@@H]1C[C@@H](C(=O)Nc2ccc(C(F)(F)F)cc2Cl)n2c1c(N1CCNCC1)c(=O)n1nc(C3=CCOCC3)nc21. The number of hydrogen-bond acceptors (Lipinski definition) is 7. The number of alkyl halides is 3. The van der Waals surface area contributed by atoms with Crippen molar-refractivity contribution < 1.29 is 22.7 Å². The lowest BCUT2D eigenvalue weighted by Crippen LogP contribution is -2.46. The molecule has 14 heteroatoms. The highest BCUT2D eigenvalue weighted by atomic mass is 35.5. The van der Waals surface area contributed by atoms with Gasteiger partial charge in [-0.15, -0.1) is 5.10 Å². The highest BCUT2D eigenvalue weighted by Crippen LogP contribution is 2.42. The minimum absolute atomic E-state index is 0.0645. The number of halogens is 4. The molecule has 1 fully saturated rings. The molecule has 3 aromatic rings. The van der Waals surface area contributed by atoms with Crippen LogP contribution in [0.3, 0.4) is 0 Å². The molecular formula is C26H27ClF3N7O3. The molecule has 2 atom stereocenters. The number of hydrogen-bond donors (Lipinski definition) is 2. The first kappa shape index (κ1) is 26.8. The van der Waals surface area contributed by atoms with E-state index in [1.807, 2.05) is 17.9 Å². The third-order valence-electron chi connectivity index (χ3n) is 7.60. The second-order valence-corrected chi connectivity index (χ2v) is 10.6. The highest BCUT2D eigenvalue weighted by Gasteiger charge is 2.40. The van der Waals surface area contributed by atoms with Crippen LogP contribution in [0.25, 0.3) is 11.4 Å². The maximum atomic E-state index is 13.9. The van der Waals surface area contributed by atoms with Crippen molar-refractivity contribution in [1.29, 1.82) is 0 Å². The average Bonchev–Trinajstić information content (AvgIpc) is 3.53. The Kier molecular flexibility index (Phi) is 6.83. The third-order valence-corrected chi connectivity index (χ3v) is 7.91. The van der Waals surface area contributed by atoms with Gasteiger partial charge < -0.3 is 20.3 Å². The Morgan fingerprint density at radius 2 is 2.02 bits per heavy atom. The Morgan fingerprint density at radius 3 is 2.70 bits per heavy atom. The Labute approximate surface area is 231 Å². The number of carbonyl (C=O) groups excluding carboxylic acids is 1. The lowest BCUT2D eigenvalue weighted by atomic mass is 10.0. The fourth-order valence-corrected chi connectivity index (χ4v) is 5.87. The molecule has 0 radical (unpaired) electrons.